The van der Waals surface area contributed by atoms with Gasteiger partial charge in [-0.05, 0) is 35.7 Å². The lowest BCUT2D eigenvalue weighted by molar-refractivity contribution is -0.120. The Morgan fingerprint density at radius 1 is 1.12 bits per heavy atom. The maximum absolute atomic E-state index is 11.9. The second-order valence-corrected chi connectivity index (χ2v) is 6.58. The molecule has 2 aromatic carbocycles. The predicted molar refractivity (Wildman–Crippen MR) is 100 cm³/mol. The van der Waals surface area contributed by atoms with Crippen LogP contribution in [0.15, 0.2) is 48.5 Å². The number of amides is 2. The van der Waals surface area contributed by atoms with Crippen LogP contribution in [0, 0.1) is 6.92 Å². The molecule has 0 heterocycles. The van der Waals surface area contributed by atoms with Gasteiger partial charge >= 0.3 is 0 Å². The summed E-state index contributed by atoms with van der Waals surface area (Å²) in [6.07, 6.45) is 0. The fourth-order valence-electron chi connectivity index (χ4n) is 2.14. The van der Waals surface area contributed by atoms with Gasteiger partial charge in [-0.15, -0.1) is 11.8 Å². The summed E-state index contributed by atoms with van der Waals surface area (Å²) in [6.45, 7) is 2.39. The number of hydrogen-bond donors (Lipinski definition) is 2. The zero-order valence-electron chi connectivity index (χ0n) is 14.2. The molecule has 2 aromatic rings. The van der Waals surface area contributed by atoms with Gasteiger partial charge < -0.3 is 15.8 Å². The number of ether oxygens (including phenoxy) is 1. The third-order valence-corrected chi connectivity index (χ3v) is 4.53. The van der Waals surface area contributed by atoms with Gasteiger partial charge in [-0.3, -0.25) is 9.59 Å². The van der Waals surface area contributed by atoms with Crippen LogP contribution in [-0.2, 0) is 21.9 Å². The summed E-state index contributed by atoms with van der Waals surface area (Å²) in [5.74, 6) is 1.31. The molecule has 25 heavy (non-hydrogen) atoms. The molecule has 6 heteroatoms. The summed E-state index contributed by atoms with van der Waals surface area (Å²) in [6, 6.07) is 15.4. The maximum Gasteiger partial charge on any atom is 0.255 e. The van der Waals surface area contributed by atoms with E-state index in [4.69, 9.17) is 10.5 Å². The molecule has 0 spiro atoms. The van der Waals surface area contributed by atoms with Crippen LogP contribution in [-0.4, -0.2) is 24.2 Å². The Morgan fingerprint density at radius 2 is 1.84 bits per heavy atom. The zero-order valence-corrected chi connectivity index (χ0v) is 15.0. The first-order valence-corrected chi connectivity index (χ1v) is 9.09. The Bertz CT molecular complexity index is 717. The molecule has 0 fully saturated rings. The van der Waals surface area contributed by atoms with E-state index in [9.17, 15) is 9.59 Å². The molecule has 0 aliphatic carbocycles. The monoisotopic (exact) mass is 358 g/mol. The molecule has 0 aliphatic rings. The number of benzene rings is 2. The van der Waals surface area contributed by atoms with E-state index in [1.54, 1.807) is 23.9 Å². The Kier molecular flexibility index (Phi) is 7.35. The topological polar surface area (TPSA) is 81.4 Å². The number of aryl methyl sites for hydroxylation is 1. The minimum absolute atomic E-state index is 0.00707. The van der Waals surface area contributed by atoms with E-state index in [0.29, 0.717) is 18.0 Å². The van der Waals surface area contributed by atoms with Crippen LogP contribution in [0.2, 0.25) is 0 Å². The van der Waals surface area contributed by atoms with Crippen LogP contribution in [0.25, 0.3) is 0 Å². The van der Waals surface area contributed by atoms with Crippen molar-refractivity contribution in [2.24, 2.45) is 5.73 Å². The van der Waals surface area contributed by atoms with Gasteiger partial charge in [0.15, 0.2) is 6.61 Å². The number of thioether (sulfide) groups is 1. The third-order valence-electron chi connectivity index (χ3n) is 3.55. The molecule has 0 aromatic heterocycles. The van der Waals surface area contributed by atoms with E-state index in [0.717, 1.165) is 11.3 Å². The number of rotatable bonds is 9. The second-order valence-electron chi connectivity index (χ2n) is 5.59. The van der Waals surface area contributed by atoms with Crippen molar-refractivity contribution in [1.29, 1.82) is 0 Å². The molecule has 0 saturated carbocycles. The molecule has 2 amide bonds. The Morgan fingerprint density at radius 3 is 2.52 bits per heavy atom. The van der Waals surface area contributed by atoms with E-state index in [1.165, 1.54) is 11.1 Å². The number of nitrogens with two attached hydrogens (primary N) is 1. The van der Waals surface area contributed by atoms with Crippen molar-refractivity contribution in [3.63, 3.8) is 0 Å². The quantitative estimate of drug-likeness (QED) is 0.721. The van der Waals surface area contributed by atoms with Crippen LogP contribution >= 0.6 is 11.8 Å². The number of carbonyl (C=O) groups excluding carboxylic acids is 2. The molecule has 0 radical (unpaired) electrons. The highest BCUT2D eigenvalue weighted by Crippen LogP contribution is 2.16. The Hall–Kier alpha value is -2.47. The first kappa shape index (κ1) is 18.9. The lowest BCUT2D eigenvalue weighted by Gasteiger charge is -2.08. The summed E-state index contributed by atoms with van der Waals surface area (Å²) < 4.78 is 5.19. The van der Waals surface area contributed by atoms with E-state index < -0.39 is 5.91 Å². The van der Waals surface area contributed by atoms with Crippen molar-refractivity contribution in [3.8, 4) is 5.75 Å². The van der Waals surface area contributed by atoms with Crippen molar-refractivity contribution in [2.45, 2.75) is 19.2 Å². The Labute approximate surface area is 151 Å². The van der Waals surface area contributed by atoms with Crippen molar-refractivity contribution < 1.29 is 14.3 Å². The van der Waals surface area contributed by atoms with Crippen molar-refractivity contribution >= 4 is 23.6 Å². The summed E-state index contributed by atoms with van der Waals surface area (Å²) in [5, 5.41) is 2.89. The predicted octanol–water partition coefficient (Wildman–Crippen LogP) is 2.41. The standard InChI is InChI=1S/C19H22N2O3S/c1-14-4-2-3-5-16(14)12-25-13-19(23)21-10-15-6-8-17(9-7-15)24-11-18(20)22/h2-9H,10-13H2,1H3,(H2,20,22)(H,21,23). The second kappa shape index (κ2) is 9.74. The number of primary amides is 1. The zero-order chi connectivity index (χ0) is 18.1. The minimum atomic E-state index is -0.514. The van der Waals surface area contributed by atoms with Gasteiger partial charge in [0.05, 0.1) is 5.75 Å². The summed E-state index contributed by atoms with van der Waals surface area (Å²) >= 11 is 1.60. The van der Waals surface area contributed by atoms with Crippen molar-refractivity contribution in [1.82, 2.24) is 5.32 Å². The highest BCUT2D eigenvalue weighted by Gasteiger charge is 2.04. The van der Waals surface area contributed by atoms with Crippen LogP contribution in [0.3, 0.4) is 0 Å². The van der Waals surface area contributed by atoms with E-state index in [2.05, 4.69) is 24.4 Å². The van der Waals surface area contributed by atoms with Gasteiger partial charge in [-0.2, -0.15) is 0 Å². The highest BCUT2D eigenvalue weighted by molar-refractivity contribution is 7.99. The van der Waals surface area contributed by atoms with Crippen molar-refractivity contribution in [2.75, 3.05) is 12.4 Å². The van der Waals surface area contributed by atoms with E-state index >= 15 is 0 Å². The lowest BCUT2D eigenvalue weighted by Crippen LogP contribution is -2.24. The average Bonchev–Trinajstić information content (AvgIpc) is 2.60. The highest BCUT2D eigenvalue weighted by atomic mass is 32.2. The molecule has 0 aliphatic heterocycles. The van der Waals surface area contributed by atoms with Crippen LogP contribution in [0.4, 0.5) is 0 Å². The summed E-state index contributed by atoms with van der Waals surface area (Å²) in [5.41, 5.74) is 8.49. The Balaban J connectivity index is 1.69. The first-order valence-electron chi connectivity index (χ1n) is 7.93. The molecule has 0 atom stereocenters. The molecule has 0 saturated heterocycles. The van der Waals surface area contributed by atoms with E-state index in [1.807, 2.05) is 24.3 Å². The SMILES string of the molecule is Cc1ccccc1CSCC(=O)NCc1ccc(OCC(N)=O)cc1. The largest absolute Gasteiger partial charge is 0.484 e. The smallest absolute Gasteiger partial charge is 0.255 e. The van der Waals surface area contributed by atoms with Crippen molar-refractivity contribution in [3.05, 3.63) is 65.2 Å². The molecule has 5 nitrogen and oxygen atoms in total. The van der Waals surface area contributed by atoms with Crippen LogP contribution in [0.1, 0.15) is 16.7 Å². The molecule has 132 valence electrons. The fourth-order valence-corrected chi connectivity index (χ4v) is 3.07. The summed E-state index contributed by atoms with van der Waals surface area (Å²) in [4.78, 5) is 22.6. The summed E-state index contributed by atoms with van der Waals surface area (Å²) in [7, 11) is 0. The van der Waals surface area contributed by atoms with Crippen LogP contribution in [0.5, 0.6) is 5.75 Å². The molecule has 0 bridgehead atoms. The van der Waals surface area contributed by atoms with E-state index in [-0.39, 0.29) is 12.5 Å². The average molecular weight is 358 g/mol. The fraction of sp³-hybridized carbons (Fsp3) is 0.263. The minimum Gasteiger partial charge on any atom is -0.484 e. The first-order chi connectivity index (χ1) is 12.0. The molecule has 0 unspecified atom stereocenters. The molecule has 2 rings (SSSR count). The van der Waals surface area contributed by atoms with Gasteiger partial charge in [0, 0.05) is 12.3 Å². The third kappa shape index (κ3) is 6.89. The molecule has 3 N–H and O–H groups in total. The van der Waals surface area contributed by atoms with Gasteiger partial charge in [0.1, 0.15) is 5.75 Å². The molecular formula is C19H22N2O3S. The van der Waals surface area contributed by atoms with Gasteiger partial charge in [0.25, 0.3) is 5.91 Å². The number of nitrogens with one attached hydrogen (secondary N) is 1. The molecular weight excluding hydrogens is 336 g/mol. The maximum atomic E-state index is 11.9. The van der Waals surface area contributed by atoms with Gasteiger partial charge in [0.2, 0.25) is 5.91 Å². The normalized spacial score (nSPS) is 10.3. The number of hydrogen-bond acceptors (Lipinski definition) is 4. The number of carbonyl (C=O) groups is 2. The van der Waals surface area contributed by atoms with Gasteiger partial charge in [-0.25, -0.2) is 0 Å². The lowest BCUT2D eigenvalue weighted by atomic mass is 10.1. The van der Waals surface area contributed by atoms with Crippen LogP contribution < -0.4 is 15.8 Å². The van der Waals surface area contributed by atoms with Gasteiger partial charge in [-0.1, -0.05) is 36.4 Å².